The van der Waals surface area contributed by atoms with E-state index in [1.807, 2.05) is 20.8 Å². The zero-order valence-electron chi connectivity index (χ0n) is 15.5. The van der Waals surface area contributed by atoms with Gasteiger partial charge in [0.15, 0.2) is 11.6 Å². The number of nitrogens with one attached hydrogen (secondary N) is 2. The highest BCUT2D eigenvalue weighted by atomic mass is 35.5. The van der Waals surface area contributed by atoms with Gasteiger partial charge in [-0.05, 0) is 47.9 Å². The van der Waals surface area contributed by atoms with Crippen molar-refractivity contribution < 1.29 is 22.0 Å². The summed E-state index contributed by atoms with van der Waals surface area (Å²) in [6.45, 7) is 5.52. The minimum atomic E-state index is -4.09. The lowest BCUT2D eigenvalue weighted by Crippen LogP contribution is -2.45. The summed E-state index contributed by atoms with van der Waals surface area (Å²) in [7, 11) is -4.09. The van der Waals surface area contributed by atoms with Crippen molar-refractivity contribution >= 4 is 39.7 Å². The minimum absolute atomic E-state index is 0. The van der Waals surface area contributed by atoms with Gasteiger partial charge < -0.3 is 11.1 Å². The molecular weight excluding hydrogens is 412 g/mol. The average Bonchev–Trinajstić information content (AvgIpc) is 2.57. The molecule has 6 nitrogen and oxygen atoms in total. The van der Waals surface area contributed by atoms with E-state index >= 15 is 0 Å². The van der Waals surface area contributed by atoms with Crippen LogP contribution in [-0.4, -0.2) is 20.4 Å². The topological polar surface area (TPSA) is 101 Å². The van der Waals surface area contributed by atoms with Gasteiger partial charge in [0.2, 0.25) is 5.91 Å². The van der Waals surface area contributed by atoms with Gasteiger partial charge >= 0.3 is 0 Å². The Kier molecular flexibility index (Phi) is 7.52. The number of amides is 1. The molecule has 10 heteroatoms. The number of sulfonamides is 1. The fourth-order valence-electron chi connectivity index (χ4n) is 2.09. The smallest absolute Gasteiger partial charge is 0.261 e. The zero-order chi connectivity index (χ0) is 20.4. The zero-order valence-corrected chi connectivity index (χ0v) is 17.1. The molecule has 28 heavy (non-hydrogen) atoms. The summed E-state index contributed by atoms with van der Waals surface area (Å²) in [4.78, 5) is 11.7. The van der Waals surface area contributed by atoms with E-state index in [0.717, 1.165) is 12.1 Å². The summed E-state index contributed by atoms with van der Waals surface area (Å²) in [5, 5.41) is 2.65. The van der Waals surface area contributed by atoms with Crippen LogP contribution in [0.25, 0.3) is 0 Å². The molecule has 0 bridgehead atoms. The number of benzene rings is 2. The van der Waals surface area contributed by atoms with E-state index in [1.165, 1.54) is 24.3 Å². The van der Waals surface area contributed by atoms with E-state index in [9.17, 15) is 22.0 Å². The molecule has 154 valence electrons. The standard InChI is InChI=1S/C18H21F2N3O3S.ClH/c1-18(2,3)16(21)17(24)22-11-4-6-12(7-5-11)23-27(25,26)13-8-9-14(19)15(20)10-13;/h4-10,16,23H,21H2,1-3H3,(H,22,24);1H/t16-;/m1./s1. The van der Waals surface area contributed by atoms with E-state index < -0.39 is 38.0 Å². The van der Waals surface area contributed by atoms with E-state index in [0.29, 0.717) is 11.8 Å². The monoisotopic (exact) mass is 433 g/mol. The lowest BCUT2D eigenvalue weighted by Gasteiger charge is -2.25. The van der Waals surface area contributed by atoms with Crippen molar-refractivity contribution in [3.63, 3.8) is 0 Å². The van der Waals surface area contributed by atoms with Crippen LogP contribution in [-0.2, 0) is 14.8 Å². The average molecular weight is 434 g/mol. The predicted octanol–water partition coefficient (Wildman–Crippen LogP) is 3.50. The first kappa shape index (κ1) is 23.8. The Morgan fingerprint density at radius 3 is 2.04 bits per heavy atom. The van der Waals surface area contributed by atoms with Crippen LogP contribution < -0.4 is 15.8 Å². The van der Waals surface area contributed by atoms with Crippen LogP contribution in [0.4, 0.5) is 20.2 Å². The second-order valence-corrected chi connectivity index (χ2v) is 8.77. The largest absolute Gasteiger partial charge is 0.325 e. The number of carbonyl (C=O) groups is 1. The van der Waals surface area contributed by atoms with Crippen molar-refractivity contribution in [3.05, 3.63) is 54.1 Å². The first-order chi connectivity index (χ1) is 12.4. The van der Waals surface area contributed by atoms with Crippen molar-refractivity contribution in [3.8, 4) is 0 Å². The van der Waals surface area contributed by atoms with Crippen LogP contribution in [0.5, 0.6) is 0 Å². The number of carbonyl (C=O) groups excluding carboxylic acids is 1. The fourth-order valence-corrected chi connectivity index (χ4v) is 3.16. The SMILES string of the molecule is CC(C)(C)[C@H](N)C(=O)Nc1ccc(NS(=O)(=O)c2ccc(F)c(F)c2)cc1.Cl. The Morgan fingerprint density at radius 1 is 1.00 bits per heavy atom. The first-order valence-electron chi connectivity index (χ1n) is 8.04. The molecule has 2 aromatic rings. The number of hydrogen-bond acceptors (Lipinski definition) is 4. The van der Waals surface area contributed by atoms with E-state index in [-0.39, 0.29) is 24.0 Å². The maximum atomic E-state index is 13.3. The van der Waals surface area contributed by atoms with Crippen LogP contribution in [0.15, 0.2) is 47.4 Å². The number of rotatable bonds is 5. The molecule has 0 aliphatic rings. The number of halogens is 3. The van der Waals surface area contributed by atoms with Gasteiger partial charge in [-0.1, -0.05) is 20.8 Å². The number of nitrogens with two attached hydrogens (primary N) is 1. The van der Waals surface area contributed by atoms with Gasteiger partial charge in [0.25, 0.3) is 10.0 Å². The third kappa shape index (κ3) is 5.88. The number of anilines is 2. The molecule has 2 aromatic carbocycles. The minimum Gasteiger partial charge on any atom is -0.325 e. The van der Waals surface area contributed by atoms with Crippen LogP contribution in [0.2, 0.25) is 0 Å². The Bertz CT molecular complexity index is 946. The lowest BCUT2D eigenvalue weighted by molar-refractivity contribution is -0.119. The second kappa shape index (κ2) is 8.85. The molecule has 0 spiro atoms. The number of hydrogen-bond donors (Lipinski definition) is 3. The van der Waals surface area contributed by atoms with Crippen molar-refractivity contribution in [1.29, 1.82) is 0 Å². The van der Waals surface area contributed by atoms with Gasteiger partial charge in [0, 0.05) is 11.4 Å². The normalized spacial score (nSPS) is 12.6. The Hall–Kier alpha value is -2.23. The van der Waals surface area contributed by atoms with Gasteiger partial charge in [-0.25, -0.2) is 17.2 Å². The van der Waals surface area contributed by atoms with Crippen molar-refractivity contribution in [2.24, 2.45) is 11.1 Å². The molecule has 0 aliphatic carbocycles. The quantitative estimate of drug-likeness (QED) is 0.671. The van der Waals surface area contributed by atoms with Gasteiger partial charge in [0.05, 0.1) is 10.9 Å². The molecule has 0 aromatic heterocycles. The van der Waals surface area contributed by atoms with Gasteiger partial charge in [-0.15, -0.1) is 12.4 Å². The van der Waals surface area contributed by atoms with Gasteiger partial charge in [-0.2, -0.15) is 0 Å². The van der Waals surface area contributed by atoms with E-state index in [1.54, 1.807) is 0 Å². The Labute approximate surface area is 169 Å². The molecule has 2 rings (SSSR count). The lowest BCUT2D eigenvalue weighted by atomic mass is 9.87. The maximum Gasteiger partial charge on any atom is 0.261 e. The molecule has 1 atom stereocenters. The van der Waals surface area contributed by atoms with Gasteiger partial charge in [-0.3, -0.25) is 9.52 Å². The summed E-state index contributed by atoms with van der Waals surface area (Å²) >= 11 is 0. The maximum absolute atomic E-state index is 13.3. The van der Waals surface area contributed by atoms with Crippen molar-refractivity contribution in [2.45, 2.75) is 31.7 Å². The van der Waals surface area contributed by atoms with Crippen LogP contribution in [0, 0.1) is 17.0 Å². The molecule has 0 radical (unpaired) electrons. The van der Waals surface area contributed by atoms with Crippen molar-refractivity contribution in [1.82, 2.24) is 0 Å². The highest BCUT2D eigenvalue weighted by Gasteiger charge is 2.27. The molecule has 0 saturated carbocycles. The van der Waals surface area contributed by atoms with Crippen LogP contribution in [0.3, 0.4) is 0 Å². The molecule has 1 amide bonds. The molecule has 4 N–H and O–H groups in total. The highest BCUT2D eigenvalue weighted by Crippen LogP contribution is 2.22. The highest BCUT2D eigenvalue weighted by molar-refractivity contribution is 7.92. The second-order valence-electron chi connectivity index (χ2n) is 7.09. The summed E-state index contributed by atoms with van der Waals surface area (Å²) in [5.41, 5.74) is 6.10. The summed E-state index contributed by atoms with van der Waals surface area (Å²) in [5.74, 6) is -2.76. The van der Waals surface area contributed by atoms with Crippen LogP contribution in [0.1, 0.15) is 20.8 Å². The Balaban J connectivity index is 0.00000392. The third-order valence-corrected chi connectivity index (χ3v) is 5.20. The van der Waals surface area contributed by atoms with Gasteiger partial charge in [0.1, 0.15) is 0 Å². The Morgan fingerprint density at radius 2 is 1.54 bits per heavy atom. The van der Waals surface area contributed by atoms with E-state index in [2.05, 4.69) is 10.0 Å². The molecule has 0 fully saturated rings. The predicted molar refractivity (Wildman–Crippen MR) is 107 cm³/mol. The summed E-state index contributed by atoms with van der Waals surface area (Å²) in [6, 6.07) is 7.42. The molecule has 0 unspecified atom stereocenters. The van der Waals surface area contributed by atoms with E-state index in [4.69, 9.17) is 5.73 Å². The molecule has 0 heterocycles. The first-order valence-corrected chi connectivity index (χ1v) is 9.53. The molecular formula is C18H22ClF2N3O3S. The van der Waals surface area contributed by atoms with Crippen molar-refractivity contribution in [2.75, 3.05) is 10.0 Å². The third-order valence-electron chi connectivity index (χ3n) is 3.82. The summed E-state index contributed by atoms with van der Waals surface area (Å²) in [6.07, 6.45) is 0. The fraction of sp³-hybridized carbons (Fsp3) is 0.278. The summed E-state index contributed by atoms with van der Waals surface area (Å²) < 4.78 is 52.9. The molecule has 0 saturated heterocycles. The van der Waals surface area contributed by atoms with Crippen LogP contribution >= 0.6 is 12.4 Å². The molecule has 0 aliphatic heterocycles.